The van der Waals surface area contributed by atoms with Crippen LogP contribution in [0.5, 0.6) is 0 Å². The minimum atomic E-state index is 0.657. The second-order valence-electron chi connectivity index (χ2n) is 3.30. The molecule has 0 aliphatic rings. The molecule has 2 aromatic rings. The highest BCUT2D eigenvalue weighted by molar-refractivity contribution is 7.98. The first kappa shape index (κ1) is 11.0. The van der Waals surface area contributed by atoms with Crippen molar-refractivity contribution in [2.45, 2.75) is 24.0 Å². The summed E-state index contributed by atoms with van der Waals surface area (Å²) in [6.45, 7) is 1.99. The Kier molecular flexibility index (Phi) is 3.46. The third-order valence-electron chi connectivity index (χ3n) is 2.03. The molecule has 0 atom stereocenters. The number of nitrogens with two attached hydrogens (primary N) is 1. The third kappa shape index (κ3) is 2.76. The van der Waals surface area contributed by atoms with E-state index >= 15 is 0 Å². The van der Waals surface area contributed by atoms with Gasteiger partial charge in [0.1, 0.15) is 0 Å². The van der Waals surface area contributed by atoms with Gasteiger partial charge in [0.2, 0.25) is 11.8 Å². The number of anilines is 1. The Bertz CT molecular complexity index is 470. The number of hydrogen-bond donors (Lipinski definition) is 1. The molecule has 0 spiro atoms. The minimum absolute atomic E-state index is 0.657. The van der Waals surface area contributed by atoms with E-state index in [2.05, 4.69) is 10.2 Å². The van der Waals surface area contributed by atoms with Crippen molar-refractivity contribution in [2.24, 2.45) is 0 Å². The molecule has 2 rings (SSSR count). The Morgan fingerprint density at radius 1 is 1.31 bits per heavy atom. The first-order valence-electron chi connectivity index (χ1n) is 5.07. The molecular formula is C11H13N3OS. The molecule has 0 unspecified atom stereocenters. The van der Waals surface area contributed by atoms with Gasteiger partial charge in [-0.15, -0.1) is 22.0 Å². The molecule has 1 aromatic heterocycles. The van der Waals surface area contributed by atoms with E-state index < -0.39 is 0 Å². The molecule has 1 heterocycles. The molecule has 0 bridgehead atoms. The molecule has 0 saturated heterocycles. The van der Waals surface area contributed by atoms with Crippen LogP contribution in [-0.4, -0.2) is 10.2 Å². The molecule has 16 heavy (non-hydrogen) atoms. The van der Waals surface area contributed by atoms with Crippen LogP contribution in [-0.2, 0) is 12.2 Å². The first-order valence-corrected chi connectivity index (χ1v) is 6.06. The zero-order valence-electron chi connectivity index (χ0n) is 9.01. The van der Waals surface area contributed by atoms with Gasteiger partial charge in [-0.1, -0.05) is 13.0 Å². The van der Waals surface area contributed by atoms with Crippen molar-refractivity contribution in [2.75, 3.05) is 5.73 Å². The first-order chi connectivity index (χ1) is 7.78. The summed E-state index contributed by atoms with van der Waals surface area (Å²) in [4.78, 5) is 1.11. The highest BCUT2D eigenvalue weighted by Crippen LogP contribution is 2.23. The number of nitrogen functional groups attached to an aromatic ring is 1. The number of nitrogens with zero attached hydrogens (tertiary/aromatic N) is 2. The van der Waals surface area contributed by atoms with Gasteiger partial charge in [-0.25, -0.2) is 0 Å². The Morgan fingerprint density at radius 3 is 2.81 bits per heavy atom. The SMILES string of the molecule is CCc1nnc(CSc2cccc(N)c2)o1. The van der Waals surface area contributed by atoms with Crippen molar-refractivity contribution in [3.63, 3.8) is 0 Å². The highest BCUT2D eigenvalue weighted by Gasteiger charge is 2.04. The largest absolute Gasteiger partial charge is 0.424 e. The maximum absolute atomic E-state index is 5.69. The van der Waals surface area contributed by atoms with Crippen LogP contribution in [0.2, 0.25) is 0 Å². The lowest BCUT2D eigenvalue weighted by atomic mass is 10.3. The average molecular weight is 235 g/mol. The van der Waals surface area contributed by atoms with E-state index in [1.54, 1.807) is 11.8 Å². The van der Waals surface area contributed by atoms with Crippen LogP contribution in [0.3, 0.4) is 0 Å². The quantitative estimate of drug-likeness (QED) is 0.651. The lowest BCUT2D eigenvalue weighted by Gasteiger charge is -1.99. The van der Waals surface area contributed by atoms with E-state index in [1.807, 2.05) is 31.2 Å². The van der Waals surface area contributed by atoms with Crippen LogP contribution in [0, 0.1) is 0 Å². The molecule has 4 nitrogen and oxygen atoms in total. The van der Waals surface area contributed by atoms with Gasteiger partial charge in [0, 0.05) is 17.0 Å². The van der Waals surface area contributed by atoms with E-state index in [9.17, 15) is 0 Å². The van der Waals surface area contributed by atoms with Crippen molar-refractivity contribution in [3.05, 3.63) is 36.0 Å². The van der Waals surface area contributed by atoms with Gasteiger partial charge in [-0.3, -0.25) is 0 Å². The van der Waals surface area contributed by atoms with Crippen LogP contribution in [0.15, 0.2) is 33.6 Å². The molecule has 1 aromatic carbocycles. The lowest BCUT2D eigenvalue weighted by Crippen LogP contribution is -1.84. The molecule has 0 aliphatic heterocycles. The monoisotopic (exact) mass is 235 g/mol. The van der Waals surface area contributed by atoms with Crippen LogP contribution in [0.1, 0.15) is 18.7 Å². The summed E-state index contributed by atoms with van der Waals surface area (Å²) in [5.41, 5.74) is 6.46. The molecule has 0 amide bonds. The van der Waals surface area contributed by atoms with Crippen LogP contribution in [0.4, 0.5) is 5.69 Å². The average Bonchev–Trinajstić information content (AvgIpc) is 2.74. The summed E-state index contributed by atoms with van der Waals surface area (Å²) in [5.74, 6) is 2.02. The Labute approximate surface area is 98.2 Å². The van der Waals surface area contributed by atoms with Gasteiger partial charge < -0.3 is 10.2 Å². The third-order valence-corrected chi connectivity index (χ3v) is 3.01. The van der Waals surface area contributed by atoms with Gasteiger partial charge in [0.05, 0.1) is 5.75 Å². The smallest absolute Gasteiger partial charge is 0.226 e. The van der Waals surface area contributed by atoms with E-state index in [4.69, 9.17) is 10.2 Å². The second-order valence-corrected chi connectivity index (χ2v) is 4.35. The van der Waals surface area contributed by atoms with Crippen LogP contribution in [0.25, 0.3) is 0 Å². The summed E-state index contributed by atoms with van der Waals surface area (Å²) in [7, 11) is 0. The van der Waals surface area contributed by atoms with Crippen molar-refractivity contribution < 1.29 is 4.42 Å². The molecule has 0 aliphatic carbocycles. The summed E-state index contributed by atoms with van der Waals surface area (Å²) in [6, 6.07) is 7.74. The summed E-state index contributed by atoms with van der Waals surface area (Å²) >= 11 is 1.64. The van der Waals surface area contributed by atoms with Crippen LogP contribution >= 0.6 is 11.8 Å². The van der Waals surface area contributed by atoms with Gasteiger partial charge >= 0.3 is 0 Å². The van der Waals surface area contributed by atoms with Crippen molar-refractivity contribution in [3.8, 4) is 0 Å². The van der Waals surface area contributed by atoms with E-state index in [1.165, 1.54) is 0 Å². The molecule has 5 heteroatoms. The van der Waals surface area contributed by atoms with Gasteiger partial charge in [-0.05, 0) is 18.2 Å². The molecule has 84 valence electrons. The fourth-order valence-corrected chi connectivity index (χ4v) is 2.04. The summed E-state index contributed by atoms with van der Waals surface area (Å²) in [5, 5.41) is 7.87. The Hall–Kier alpha value is -1.49. The highest BCUT2D eigenvalue weighted by atomic mass is 32.2. The van der Waals surface area contributed by atoms with Gasteiger partial charge in [0.25, 0.3) is 0 Å². The number of aryl methyl sites for hydroxylation is 1. The zero-order chi connectivity index (χ0) is 11.4. The molecular weight excluding hydrogens is 222 g/mol. The lowest BCUT2D eigenvalue weighted by molar-refractivity contribution is 0.470. The number of benzene rings is 1. The van der Waals surface area contributed by atoms with Gasteiger partial charge in [-0.2, -0.15) is 0 Å². The fraction of sp³-hybridized carbons (Fsp3) is 0.273. The normalized spacial score (nSPS) is 10.6. The standard InChI is InChI=1S/C11H13N3OS/c1-2-10-13-14-11(15-10)7-16-9-5-3-4-8(12)6-9/h3-6H,2,7,12H2,1H3. The second kappa shape index (κ2) is 5.03. The maximum Gasteiger partial charge on any atom is 0.226 e. The van der Waals surface area contributed by atoms with E-state index in [0.29, 0.717) is 17.5 Å². The summed E-state index contributed by atoms with van der Waals surface area (Å²) < 4.78 is 5.41. The molecule has 2 N–H and O–H groups in total. The zero-order valence-corrected chi connectivity index (χ0v) is 9.83. The number of hydrogen-bond acceptors (Lipinski definition) is 5. The fourth-order valence-electron chi connectivity index (χ4n) is 1.24. The minimum Gasteiger partial charge on any atom is -0.424 e. The van der Waals surface area contributed by atoms with E-state index in [0.717, 1.165) is 17.0 Å². The molecule has 0 saturated carbocycles. The topological polar surface area (TPSA) is 64.9 Å². The maximum atomic E-state index is 5.69. The van der Waals surface area contributed by atoms with Crippen LogP contribution < -0.4 is 5.73 Å². The predicted octanol–water partition coefficient (Wildman–Crippen LogP) is 2.51. The van der Waals surface area contributed by atoms with E-state index in [-0.39, 0.29) is 0 Å². The number of thioether (sulfide) groups is 1. The number of aromatic nitrogens is 2. The Morgan fingerprint density at radius 2 is 2.12 bits per heavy atom. The molecule has 0 fully saturated rings. The Balaban J connectivity index is 1.96. The van der Waals surface area contributed by atoms with Crippen molar-refractivity contribution >= 4 is 17.4 Å². The predicted molar refractivity (Wildman–Crippen MR) is 64.1 cm³/mol. The number of rotatable bonds is 4. The van der Waals surface area contributed by atoms with Crippen molar-refractivity contribution in [1.82, 2.24) is 10.2 Å². The summed E-state index contributed by atoms with van der Waals surface area (Å²) in [6.07, 6.45) is 0.774. The van der Waals surface area contributed by atoms with Gasteiger partial charge in [0.15, 0.2) is 0 Å². The molecule has 0 radical (unpaired) electrons. The van der Waals surface area contributed by atoms with Crippen molar-refractivity contribution in [1.29, 1.82) is 0 Å².